The molecule has 2 rings (SSSR count). The van der Waals surface area contributed by atoms with Gasteiger partial charge in [0.15, 0.2) is 11.5 Å². The Morgan fingerprint density at radius 1 is 1.30 bits per heavy atom. The lowest BCUT2D eigenvalue weighted by Crippen LogP contribution is -2.00. The number of aromatic hydroxyl groups is 1. The van der Waals surface area contributed by atoms with Gasteiger partial charge in [0.1, 0.15) is 0 Å². The molecule has 2 N–H and O–H groups in total. The van der Waals surface area contributed by atoms with E-state index in [1.165, 1.54) is 7.11 Å². The molecule has 0 unspecified atom stereocenters. The number of rotatable bonds is 4. The molecule has 0 saturated heterocycles. The van der Waals surface area contributed by atoms with Crippen molar-refractivity contribution in [3.05, 3.63) is 52.5 Å². The molecule has 0 heterocycles. The average molecular weight is 289 g/mol. The molecule has 0 aliphatic carbocycles. The molecule has 0 fully saturated rings. The second kappa shape index (κ2) is 6.18. The molecule has 0 aromatic heterocycles. The molecule has 0 radical (unpaired) electrons. The summed E-state index contributed by atoms with van der Waals surface area (Å²) in [5, 5.41) is 22.0. The molecule has 0 bridgehead atoms. The Kier molecular flexibility index (Phi) is 4.34. The molecule has 5 heteroatoms. The summed E-state index contributed by atoms with van der Waals surface area (Å²) >= 11 is 6.08. The minimum Gasteiger partial charge on any atom is -0.504 e. The predicted molar refractivity (Wildman–Crippen MR) is 78.2 cm³/mol. The van der Waals surface area contributed by atoms with Gasteiger partial charge in [-0.05, 0) is 35.9 Å². The molecule has 0 atom stereocenters. The zero-order valence-electron chi connectivity index (χ0n) is 10.9. The number of hydrogen-bond donors (Lipinski definition) is 2. The van der Waals surface area contributed by atoms with Crippen LogP contribution < -0.4 is 10.1 Å². The number of phenols is 1. The number of nitrogens with zero attached hydrogens (tertiary/aromatic N) is 1. The third-order valence-corrected chi connectivity index (χ3v) is 3.14. The largest absolute Gasteiger partial charge is 0.504 e. The van der Waals surface area contributed by atoms with Gasteiger partial charge in [0, 0.05) is 6.54 Å². The first kappa shape index (κ1) is 14.0. The van der Waals surface area contributed by atoms with Gasteiger partial charge in [-0.1, -0.05) is 17.7 Å². The molecule has 0 spiro atoms. The fraction of sp³-hybridized carbons (Fsp3) is 0.133. The van der Waals surface area contributed by atoms with E-state index in [9.17, 15) is 5.11 Å². The molecule has 2 aromatic rings. The van der Waals surface area contributed by atoms with Crippen LogP contribution in [-0.4, -0.2) is 12.2 Å². The Hall–Kier alpha value is -2.38. The highest BCUT2D eigenvalue weighted by Gasteiger charge is 2.04. The first-order chi connectivity index (χ1) is 9.63. The Bertz CT molecular complexity index is 665. The summed E-state index contributed by atoms with van der Waals surface area (Å²) in [6.45, 7) is 0.530. The number of benzene rings is 2. The molecule has 0 saturated carbocycles. The Morgan fingerprint density at radius 3 is 2.75 bits per heavy atom. The zero-order chi connectivity index (χ0) is 14.5. The van der Waals surface area contributed by atoms with Gasteiger partial charge in [0.25, 0.3) is 0 Å². The van der Waals surface area contributed by atoms with Crippen molar-refractivity contribution >= 4 is 17.3 Å². The summed E-state index contributed by atoms with van der Waals surface area (Å²) in [5.74, 6) is 0.530. The van der Waals surface area contributed by atoms with Crippen LogP contribution in [0.1, 0.15) is 11.1 Å². The third kappa shape index (κ3) is 3.14. The van der Waals surface area contributed by atoms with Gasteiger partial charge in [0.05, 0.1) is 29.5 Å². The summed E-state index contributed by atoms with van der Waals surface area (Å²) in [4.78, 5) is 0. The van der Waals surface area contributed by atoms with E-state index in [1.807, 2.05) is 6.07 Å². The summed E-state index contributed by atoms with van der Waals surface area (Å²) in [6, 6.07) is 12.2. The summed E-state index contributed by atoms with van der Waals surface area (Å²) in [5.41, 5.74) is 2.21. The van der Waals surface area contributed by atoms with Crippen molar-refractivity contribution < 1.29 is 9.84 Å². The van der Waals surface area contributed by atoms with E-state index >= 15 is 0 Å². The highest BCUT2D eigenvalue weighted by atomic mass is 35.5. The van der Waals surface area contributed by atoms with Crippen molar-refractivity contribution in [1.29, 1.82) is 5.26 Å². The van der Waals surface area contributed by atoms with Crippen LogP contribution in [0.3, 0.4) is 0 Å². The van der Waals surface area contributed by atoms with Gasteiger partial charge in [-0.3, -0.25) is 0 Å². The lowest BCUT2D eigenvalue weighted by molar-refractivity contribution is 0.373. The van der Waals surface area contributed by atoms with Gasteiger partial charge in [-0.25, -0.2) is 0 Å². The van der Waals surface area contributed by atoms with Gasteiger partial charge in [-0.15, -0.1) is 0 Å². The number of phenolic OH excluding ortho intramolecular Hbond substituents is 1. The van der Waals surface area contributed by atoms with Crippen molar-refractivity contribution in [2.24, 2.45) is 0 Å². The zero-order valence-corrected chi connectivity index (χ0v) is 11.6. The molecule has 20 heavy (non-hydrogen) atoms. The van der Waals surface area contributed by atoms with E-state index in [0.29, 0.717) is 22.9 Å². The molecular weight excluding hydrogens is 276 g/mol. The Morgan fingerprint density at radius 2 is 2.10 bits per heavy atom. The fourth-order valence-electron chi connectivity index (χ4n) is 1.76. The molecule has 102 valence electrons. The van der Waals surface area contributed by atoms with E-state index in [2.05, 4.69) is 5.32 Å². The van der Waals surface area contributed by atoms with Crippen LogP contribution in [0.25, 0.3) is 0 Å². The van der Waals surface area contributed by atoms with Crippen molar-refractivity contribution in [1.82, 2.24) is 0 Å². The van der Waals surface area contributed by atoms with Crippen molar-refractivity contribution in [2.45, 2.75) is 6.54 Å². The molecule has 4 nitrogen and oxygen atoms in total. The van der Waals surface area contributed by atoms with Gasteiger partial charge in [-0.2, -0.15) is 5.26 Å². The second-order valence-corrected chi connectivity index (χ2v) is 4.57. The van der Waals surface area contributed by atoms with E-state index in [-0.39, 0.29) is 5.75 Å². The summed E-state index contributed by atoms with van der Waals surface area (Å²) in [7, 11) is 1.50. The molecule has 2 aromatic carbocycles. The molecule has 0 aliphatic rings. The van der Waals surface area contributed by atoms with Crippen molar-refractivity contribution in [2.75, 3.05) is 12.4 Å². The van der Waals surface area contributed by atoms with E-state index in [4.69, 9.17) is 21.6 Å². The quantitative estimate of drug-likeness (QED) is 0.903. The van der Waals surface area contributed by atoms with Gasteiger partial charge >= 0.3 is 0 Å². The van der Waals surface area contributed by atoms with Gasteiger partial charge < -0.3 is 15.2 Å². The number of nitrogens with one attached hydrogen (secondary N) is 1. The number of ether oxygens (including phenoxy) is 1. The van der Waals surface area contributed by atoms with Crippen molar-refractivity contribution in [3.63, 3.8) is 0 Å². The molecule has 0 amide bonds. The number of methoxy groups -OCH3 is 1. The standard InChI is InChI=1S/C15H13ClN2O2/c1-20-15-7-11(3-5-14(15)19)9-18-13-4-2-10(8-17)6-12(13)16/h2-7,18-19H,9H2,1H3. The minimum atomic E-state index is 0.104. The maximum absolute atomic E-state index is 9.52. The monoisotopic (exact) mass is 288 g/mol. The smallest absolute Gasteiger partial charge is 0.160 e. The van der Waals surface area contributed by atoms with Crippen LogP contribution in [0, 0.1) is 11.3 Å². The lowest BCUT2D eigenvalue weighted by Gasteiger charge is -2.10. The van der Waals surface area contributed by atoms with Crippen LogP contribution in [0.2, 0.25) is 5.02 Å². The third-order valence-electron chi connectivity index (χ3n) is 2.83. The number of anilines is 1. The topological polar surface area (TPSA) is 65.3 Å². The van der Waals surface area contributed by atoms with Crippen LogP contribution in [-0.2, 0) is 6.54 Å². The highest BCUT2D eigenvalue weighted by molar-refractivity contribution is 6.33. The summed E-state index contributed by atoms with van der Waals surface area (Å²) in [6.07, 6.45) is 0. The summed E-state index contributed by atoms with van der Waals surface area (Å²) < 4.78 is 5.05. The van der Waals surface area contributed by atoms with Crippen LogP contribution in [0.15, 0.2) is 36.4 Å². The number of halogens is 1. The number of nitriles is 1. The average Bonchev–Trinajstić information content (AvgIpc) is 2.47. The van der Waals surface area contributed by atoms with Gasteiger partial charge in [0.2, 0.25) is 0 Å². The predicted octanol–water partition coefficient (Wildman–Crippen LogP) is 3.54. The Balaban J connectivity index is 2.11. The normalized spacial score (nSPS) is 9.85. The van der Waals surface area contributed by atoms with E-state index < -0.39 is 0 Å². The van der Waals surface area contributed by atoms with Crippen LogP contribution in [0.5, 0.6) is 11.5 Å². The van der Waals surface area contributed by atoms with Crippen molar-refractivity contribution in [3.8, 4) is 17.6 Å². The first-order valence-electron chi connectivity index (χ1n) is 5.93. The lowest BCUT2D eigenvalue weighted by atomic mass is 10.2. The first-order valence-corrected chi connectivity index (χ1v) is 6.31. The maximum Gasteiger partial charge on any atom is 0.160 e. The number of hydrogen-bond acceptors (Lipinski definition) is 4. The van der Waals surface area contributed by atoms with E-state index in [0.717, 1.165) is 11.3 Å². The minimum absolute atomic E-state index is 0.104. The Labute approximate surface area is 122 Å². The molecular formula is C15H13ClN2O2. The second-order valence-electron chi connectivity index (χ2n) is 4.17. The van der Waals surface area contributed by atoms with Crippen LogP contribution >= 0.6 is 11.6 Å². The van der Waals surface area contributed by atoms with Crippen LogP contribution in [0.4, 0.5) is 5.69 Å². The SMILES string of the molecule is COc1cc(CNc2ccc(C#N)cc2Cl)ccc1O. The highest BCUT2D eigenvalue weighted by Crippen LogP contribution is 2.27. The van der Waals surface area contributed by atoms with E-state index in [1.54, 1.807) is 36.4 Å². The fourth-order valence-corrected chi connectivity index (χ4v) is 2.00. The maximum atomic E-state index is 9.52. The molecule has 0 aliphatic heterocycles.